The molecule has 1 atom stereocenters. The normalized spacial score (nSPS) is 12.7. The number of amides is 1. The number of hydrogen-bond acceptors (Lipinski definition) is 6. The van der Waals surface area contributed by atoms with Gasteiger partial charge in [0, 0.05) is 5.57 Å². The van der Waals surface area contributed by atoms with Crippen molar-refractivity contribution in [1.29, 1.82) is 0 Å². The molecular formula is C18H21F2NO6S. The largest absolute Gasteiger partial charge is 0.460 e. The predicted octanol–water partition coefficient (Wildman–Crippen LogP) is 2.26. The predicted molar refractivity (Wildman–Crippen MR) is 98.7 cm³/mol. The van der Waals surface area contributed by atoms with E-state index in [1.54, 1.807) is 35.6 Å². The van der Waals surface area contributed by atoms with Crippen LogP contribution in [-0.4, -0.2) is 44.8 Å². The summed E-state index contributed by atoms with van der Waals surface area (Å²) in [6.07, 6.45) is -1.33. The highest BCUT2D eigenvalue weighted by Crippen LogP contribution is 2.28. The Balaban J connectivity index is 2.71. The molecule has 0 saturated heterocycles. The van der Waals surface area contributed by atoms with Crippen LogP contribution in [0.15, 0.2) is 49.1 Å². The van der Waals surface area contributed by atoms with Gasteiger partial charge in [0.1, 0.15) is 6.61 Å². The Morgan fingerprint density at radius 3 is 2.32 bits per heavy atom. The van der Waals surface area contributed by atoms with Crippen molar-refractivity contribution in [2.75, 3.05) is 13.2 Å². The van der Waals surface area contributed by atoms with Crippen LogP contribution in [0, 0.1) is 0 Å². The van der Waals surface area contributed by atoms with Crippen LogP contribution < -0.4 is 5.32 Å². The molecule has 0 fully saturated rings. The Bertz CT molecular complexity index is 852. The third kappa shape index (κ3) is 5.96. The van der Waals surface area contributed by atoms with Crippen molar-refractivity contribution < 1.29 is 35.7 Å². The van der Waals surface area contributed by atoms with Crippen LogP contribution in [0.25, 0.3) is 5.57 Å². The number of benzene rings is 1. The third-order valence-corrected chi connectivity index (χ3v) is 4.81. The molecule has 0 aromatic heterocycles. The number of carbonyl (C=O) groups is 2. The van der Waals surface area contributed by atoms with Crippen molar-refractivity contribution >= 4 is 27.6 Å². The SMILES string of the molecule is C=C(C)C(=O)OCCNC(=O)C(F)(F)S(=O)(=O)OC(C)C(=C)c1ccccc1. The molecule has 1 rings (SSSR count). The van der Waals surface area contributed by atoms with Crippen LogP contribution in [0.1, 0.15) is 19.4 Å². The molecule has 0 radical (unpaired) electrons. The van der Waals surface area contributed by atoms with Crippen LogP contribution in [0.2, 0.25) is 0 Å². The number of esters is 1. The van der Waals surface area contributed by atoms with E-state index in [1.165, 1.54) is 13.8 Å². The summed E-state index contributed by atoms with van der Waals surface area (Å²) < 4.78 is 61.0. The Labute approximate surface area is 162 Å². The van der Waals surface area contributed by atoms with Gasteiger partial charge < -0.3 is 10.1 Å². The van der Waals surface area contributed by atoms with E-state index in [2.05, 4.69) is 22.1 Å². The molecule has 1 aromatic carbocycles. The Kier molecular flexibility index (Phi) is 8.01. The summed E-state index contributed by atoms with van der Waals surface area (Å²) in [6, 6.07) is 8.23. The van der Waals surface area contributed by atoms with Crippen LogP contribution in [-0.2, 0) is 28.6 Å². The highest BCUT2D eigenvalue weighted by Gasteiger charge is 2.54. The number of carbonyl (C=O) groups excluding carboxylic acids is 2. The molecule has 0 saturated carbocycles. The highest BCUT2D eigenvalue weighted by atomic mass is 32.2. The first-order chi connectivity index (χ1) is 12.9. The molecule has 1 unspecified atom stereocenters. The molecule has 0 aliphatic heterocycles. The smallest absolute Gasteiger partial charge is 0.446 e. The van der Waals surface area contributed by atoms with E-state index < -0.39 is 46.5 Å². The zero-order valence-electron chi connectivity index (χ0n) is 15.4. The first-order valence-electron chi connectivity index (χ1n) is 8.06. The summed E-state index contributed by atoms with van der Waals surface area (Å²) >= 11 is 0. The fourth-order valence-corrected chi connectivity index (χ4v) is 2.76. The summed E-state index contributed by atoms with van der Waals surface area (Å²) in [5, 5.41) is -3.17. The number of hydrogen-bond donors (Lipinski definition) is 1. The van der Waals surface area contributed by atoms with Gasteiger partial charge in [-0.15, -0.1) is 0 Å². The van der Waals surface area contributed by atoms with Crippen molar-refractivity contribution in [3.63, 3.8) is 0 Å². The first-order valence-corrected chi connectivity index (χ1v) is 9.46. The van der Waals surface area contributed by atoms with E-state index >= 15 is 0 Å². The topological polar surface area (TPSA) is 98.8 Å². The second-order valence-electron chi connectivity index (χ2n) is 5.77. The number of halogens is 2. The van der Waals surface area contributed by atoms with E-state index in [4.69, 9.17) is 0 Å². The number of alkyl halides is 2. The van der Waals surface area contributed by atoms with Crippen molar-refractivity contribution in [1.82, 2.24) is 5.32 Å². The van der Waals surface area contributed by atoms with Crippen LogP contribution in [0.4, 0.5) is 8.78 Å². The van der Waals surface area contributed by atoms with Gasteiger partial charge in [-0.3, -0.25) is 8.98 Å². The molecule has 154 valence electrons. The lowest BCUT2D eigenvalue weighted by atomic mass is 10.0. The van der Waals surface area contributed by atoms with E-state index in [-0.39, 0.29) is 11.1 Å². The number of rotatable bonds is 10. The van der Waals surface area contributed by atoms with E-state index in [0.717, 1.165) is 0 Å². The summed E-state index contributed by atoms with van der Waals surface area (Å²) in [6.45, 7) is 8.60. The maximum atomic E-state index is 14.1. The molecule has 0 spiro atoms. The Morgan fingerprint density at radius 1 is 1.21 bits per heavy atom. The van der Waals surface area contributed by atoms with Crippen LogP contribution in [0.3, 0.4) is 0 Å². The van der Waals surface area contributed by atoms with Crippen LogP contribution in [0.5, 0.6) is 0 Å². The summed E-state index contributed by atoms with van der Waals surface area (Å²) in [5.41, 5.74) is 0.727. The average molecular weight is 417 g/mol. The van der Waals surface area contributed by atoms with Gasteiger partial charge in [0.2, 0.25) is 0 Å². The second kappa shape index (κ2) is 9.56. The minimum absolute atomic E-state index is 0.0836. The number of ether oxygens (including phenoxy) is 1. The minimum atomic E-state index is -5.61. The van der Waals surface area contributed by atoms with Crippen molar-refractivity contribution in [3.05, 3.63) is 54.6 Å². The quantitative estimate of drug-likeness (QED) is 0.271. The molecule has 1 N–H and O–H groups in total. The molecule has 0 heterocycles. The summed E-state index contributed by atoms with van der Waals surface area (Å²) in [4.78, 5) is 22.7. The minimum Gasteiger partial charge on any atom is -0.460 e. The van der Waals surface area contributed by atoms with Gasteiger partial charge in [0.05, 0.1) is 12.6 Å². The zero-order chi connectivity index (χ0) is 21.5. The molecule has 28 heavy (non-hydrogen) atoms. The number of nitrogens with one attached hydrogen (secondary N) is 1. The van der Waals surface area contributed by atoms with E-state index in [0.29, 0.717) is 5.56 Å². The van der Waals surface area contributed by atoms with Gasteiger partial charge in [0.25, 0.3) is 0 Å². The molecule has 1 amide bonds. The maximum Gasteiger partial charge on any atom is 0.446 e. The van der Waals surface area contributed by atoms with Crippen LogP contribution >= 0.6 is 0 Å². The fraction of sp³-hybridized carbons (Fsp3) is 0.333. The van der Waals surface area contributed by atoms with Crippen molar-refractivity contribution in [2.45, 2.75) is 25.2 Å². The van der Waals surface area contributed by atoms with E-state index in [9.17, 15) is 26.8 Å². The lowest BCUT2D eigenvalue weighted by Crippen LogP contribution is -2.48. The second-order valence-corrected chi connectivity index (χ2v) is 7.39. The first kappa shape index (κ1) is 23.4. The van der Waals surface area contributed by atoms with Gasteiger partial charge in [-0.2, -0.15) is 17.2 Å². The summed E-state index contributed by atoms with van der Waals surface area (Å²) in [7, 11) is -5.61. The van der Waals surface area contributed by atoms with E-state index in [1.807, 2.05) is 0 Å². The molecule has 0 aliphatic rings. The average Bonchev–Trinajstić information content (AvgIpc) is 2.64. The van der Waals surface area contributed by atoms with Gasteiger partial charge in [-0.1, -0.05) is 43.5 Å². The standard InChI is InChI=1S/C18H21F2NO6S/c1-12(2)16(22)26-11-10-21-17(23)18(19,20)28(24,25)27-14(4)13(3)15-8-6-5-7-9-15/h5-9,14H,1,3,10-11H2,2,4H3,(H,21,23). The lowest BCUT2D eigenvalue weighted by Gasteiger charge is -2.20. The highest BCUT2D eigenvalue weighted by molar-refractivity contribution is 7.88. The van der Waals surface area contributed by atoms with Gasteiger partial charge in [0.15, 0.2) is 0 Å². The molecule has 10 heteroatoms. The Hall–Kier alpha value is -2.59. The third-order valence-electron chi connectivity index (χ3n) is 3.45. The lowest BCUT2D eigenvalue weighted by molar-refractivity contribution is -0.141. The summed E-state index contributed by atoms with van der Waals surface area (Å²) in [5.74, 6) is -2.87. The molecule has 1 aromatic rings. The molecule has 0 aliphatic carbocycles. The zero-order valence-corrected chi connectivity index (χ0v) is 16.2. The Morgan fingerprint density at radius 2 is 1.79 bits per heavy atom. The molecule has 0 bridgehead atoms. The maximum absolute atomic E-state index is 14.1. The monoisotopic (exact) mass is 417 g/mol. The van der Waals surface area contributed by atoms with Gasteiger partial charge in [-0.25, -0.2) is 4.79 Å². The molecule has 7 nitrogen and oxygen atoms in total. The van der Waals surface area contributed by atoms with Gasteiger partial charge >= 0.3 is 27.2 Å². The molecular weight excluding hydrogens is 396 g/mol. The van der Waals surface area contributed by atoms with Crippen molar-refractivity contribution in [3.8, 4) is 0 Å². The fourth-order valence-electron chi connectivity index (χ4n) is 1.84. The van der Waals surface area contributed by atoms with Crippen molar-refractivity contribution in [2.24, 2.45) is 0 Å². The van der Waals surface area contributed by atoms with Gasteiger partial charge in [-0.05, 0) is 25.0 Å².